The van der Waals surface area contributed by atoms with Crippen molar-refractivity contribution in [3.63, 3.8) is 0 Å². The molecule has 2 saturated heterocycles. The van der Waals surface area contributed by atoms with Gasteiger partial charge in [-0.15, -0.1) is 0 Å². The van der Waals surface area contributed by atoms with Crippen molar-refractivity contribution in [3.8, 4) is 0 Å². The van der Waals surface area contributed by atoms with Gasteiger partial charge in [0.05, 0.1) is 17.6 Å². The Hall–Kier alpha value is -1.50. The van der Waals surface area contributed by atoms with Gasteiger partial charge in [0, 0.05) is 44.8 Å². The predicted octanol–water partition coefficient (Wildman–Crippen LogP) is 1.97. The van der Waals surface area contributed by atoms with Gasteiger partial charge in [0.1, 0.15) is 5.60 Å². The van der Waals surface area contributed by atoms with Gasteiger partial charge in [-0.2, -0.15) is 0 Å². The SMILES string of the molecule is C[C@@H]1OCC[C@]12CN(Cc1cccc([N+](=O)[O-])c1)CCO2. The zero-order chi connectivity index (χ0) is 14.9. The number of rotatable bonds is 3. The van der Waals surface area contributed by atoms with E-state index in [1.54, 1.807) is 12.1 Å². The van der Waals surface area contributed by atoms with E-state index >= 15 is 0 Å². The van der Waals surface area contributed by atoms with Gasteiger partial charge in [0.2, 0.25) is 0 Å². The molecule has 0 unspecified atom stereocenters. The van der Waals surface area contributed by atoms with E-state index in [0.29, 0.717) is 13.2 Å². The molecule has 0 aromatic heterocycles. The normalized spacial score (nSPS) is 29.9. The molecule has 21 heavy (non-hydrogen) atoms. The number of ether oxygens (including phenoxy) is 2. The summed E-state index contributed by atoms with van der Waals surface area (Å²) in [6, 6.07) is 6.85. The second-order valence-corrected chi connectivity index (χ2v) is 5.81. The molecule has 0 bridgehead atoms. The lowest BCUT2D eigenvalue weighted by atomic mass is 9.94. The van der Waals surface area contributed by atoms with Crippen LogP contribution in [0.15, 0.2) is 24.3 Å². The summed E-state index contributed by atoms with van der Waals surface area (Å²) in [4.78, 5) is 12.8. The van der Waals surface area contributed by atoms with Crippen LogP contribution in [0.2, 0.25) is 0 Å². The van der Waals surface area contributed by atoms with Crippen LogP contribution in [0.25, 0.3) is 0 Å². The Morgan fingerprint density at radius 2 is 2.33 bits per heavy atom. The molecule has 1 aromatic carbocycles. The van der Waals surface area contributed by atoms with E-state index in [9.17, 15) is 10.1 Å². The molecule has 2 fully saturated rings. The summed E-state index contributed by atoms with van der Waals surface area (Å²) < 4.78 is 11.6. The third-order valence-electron chi connectivity index (χ3n) is 4.45. The molecular weight excluding hydrogens is 272 g/mol. The van der Waals surface area contributed by atoms with Crippen molar-refractivity contribution < 1.29 is 14.4 Å². The van der Waals surface area contributed by atoms with Gasteiger partial charge in [-0.25, -0.2) is 0 Å². The lowest BCUT2D eigenvalue weighted by molar-refractivity contribution is -0.384. The van der Waals surface area contributed by atoms with Gasteiger partial charge < -0.3 is 9.47 Å². The summed E-state index contributed by atoms with van der Waals surface area (Å²) in [6.45, 7) is 5.85. The molecule has 0 aliphatic carbocycles. The van der Waals surface area contributed by atoms with Crippen LogP contribution in [0.1, 0.15) is 18.9 Å². The third kappa shape index (κ3) is 2.92. The van der Waals surface area contributed by atoms with Crippen molar-refractivity contribution in [3.05, 3.63) is 39.9 Å². The maximum absolute atomic E-state index is 10.8. The highest BCUT2D eigenvalue weighted by Crippen LogP contribution is 2.33. The number of nitro benzene ring substituents is 1. The zero-order valence-electron chi connectivity index (χ0n) is 12.2. The Morgan fingerprint density at radius 3 is 3.05 bits per heavy atom. The molecule has 2 heterocycles. The van der Waals surface area contributed by atoms with Crippen molar-refractivity contribution in [1.29, 1.82) is 0 Å². The summed E-state index contributed by atoms with van der Waals surface area (Å²) in [5, 5.41) is 10.8. The summed E-state index contributed by atoms with van der Waals surface area (Å²) >= 11 is 0. The molecule has 2 atom stereocenters. The fourth-order valence-corrected chi connectivity index (χ4v) is 3.20. The lowest BCUT2D eigenvalue weighted by Crippen LogP contribution is -2.55. The van der Waals surface area contributed by atoms with Crippen LogP contribution in [0.4, 0.5) is 5.69 Å². The van der Waals surface area contributed by atoms with Gasteiger partial charge in [0.25, 0.3) is 5.69 Å². The average molecular weight is 292 g/mol. The minimum atomic E-state index is -0.350. The second kappa shape index (κ2) is 5.71. The van der Waals surface area contributed by atoms with Crippen molar-refractivity contribution >= 4 is 5.69 Å². The van der Waals surface area contributed by atoms with E-state index in [2.05, 4.69) is 11.8 Å². The maximum atomic E-state index is 10.8. The quantitative estimate of drug-likeness (QED) is 0.629. The third-order valence-corrected chi connectivity index (χ3v) is 4.45. The largest absolute Gasteiger partial charge is 0.375 e. The summed E-state index contributed by atoms with van der Waals surface area (Å²) in [5.74, 6) is 0. The Kier molecular flexibility index (Phi) is 3.93. The molecule has 6 heteroatoms. The average Bonchev–Trinajstić information content (AvgIpc) is 2.80. The van der Waals surface area contributed by atoms with E-state index in [-0.39, 0.29) is 22.3 Å². The van der Waals surface area contributed by atoms with Crippen LogP contribution in [0, 0.1) is 10.1 Å². The Labute approximate surface area is 123 Å². The smallest absolute Gasteiger partial charge is 0.269 e. The molecule has 0 saturated carbocycles. The lowest BCUT2D eigenvalue weighted by Gasteiger charge is -2.42. The first kappa shape index (κ1) is 14.4. The minimum absolute atomic E-state index is 0.102. The number of nitro groups is 1. The summed E-state index contributed by atoms with van der Waals surface area (Å²) in [7, 11) is 0. The van der Waals surface area contributed by atoms with Crippen molar-refractivity contribution in [2.45, 2.75) is 31.6 Å². The first-order valence-corrected chi connectivity index (χ1v) is 7.30. The monoisotopic (exact) mass is 292 g/mol. The van der Waals surface area contributed by atoms with Crippen molar-refractivity contribution in [2.24, 2.45) is 0 Å². The highest BCUT2D eigenvalue weighted by Gasteiger charge is 2.45. The van der Waals surface area contributed by atoms with Crippen LogP contribution in [0.3, 0.4) is 0 Å². The van der Waals surface area contributed by atoms with E-state index in [4.69, 9.17) is 9.47 Å². The number of non-ortho nitro benzene ring substituents is 1. The van der Waals surface area contributed by atoms with Gasteiger partial charge in [-0.1, -0.05) is 12.1 Å². The first-order chi connectivity index (χ1) is 10.1. The van der Waals surface area contributed by atoms with Crippen LogP contribution in [-0.2, 0) is 16.0 Å². The minimum Gasteiger partial charge on any atom is -0.375 e. The van der Waals surface area contributed by atoms with E-state index in [1.807, 2.05) is 6.07 Å². The van der Waals surface area contributed by atoms with E-state index in [1.165, 1.54) is 6.07 Å². The van der Waals surface area contributed by atoms with Crippen molar-refractivity contribution in [1.82, 2.24) is 4.90 Å². The van der Waals surface area contributed by atoms with Gasteiger partial charge in [-0.05, 0) is 12.5 Å². The molecule has 114 valence electrons. The zero-order valence-corrected chi connectivity index (χ0v) is 12.2. The standard InChI is InChI=1S/C15H20N2O4/c1-12-15(5-7-20-12)11-16(6-8-21-15)10-13-3-2-4-14(9-13)17(18)19/h2-4,9,12H,5-8,10-11H2,1H3/t12-,15-/m0/s1. The molecule has 1 spiro atoms. The number of benzene rings is 1. The molecule has 2 aliphatic rings. The Balaban J connectivity index is 1.70. The number of morpholine rings is 1. The van der Waals surface area contributed by atoms with Gasteiger partial charge >= 0.3 is 0 Å². The molecule has 2 aliphatic heterocycles. The molecule has 1 aromatic rings. The van der Waals surface area contributed by atoms with Crippen LogP contribution >= 0.6 is 0 Å². The number of hydrogen-bond donors (Lipinski definition) is 0. The number of hydrogen-bond acceptors (Lipinski definition) is 5. The Bertz CT molecular complexity index is 536. The van der Waals surface area contributed by atoms with Crippen LogP contribution in [0.5, 0.6) is 0 Å². The first-order valence-electron chi connectivity index (χ1n) is 7.30. The maximum Gasteiger partial charge on any atom is 0.269 e. The topological polar surface area (TPSA) is 64.8 Å². The number of nitrogens with zero attached hydrogens (tertiary/aromatic N) is 2. The molecular formula is C15H20N2O4. The van der Waals surface area contributed by atoms with Crippen LogP contribution < -0.4 is 0 Å². The van der Waals surface area contributed by atoms with E-state index < -0.39 is 0 Å². The fourth-order valence-electron chi connectivity index (χ4n) is 3.20. The molecule has 3 rings (SSSR count). The predicted molar refractivity (Wildman–Crippen MR) is 77.1 cm³/mol. The molecule has 6 nitrogen and oxygen atoms in total. The van der Waals surface area contributed by atoms with Crippen LogP contribution in [-0.4, -0.2) is 47.8 Å². The summed E-state index contributed by atoms with van der Waals surface area (Å²) in [5.41, 5.74) is 0.903. The highest BCUT2D eigenvalue weighted by atomic mass is 16.6. The van der Waals surface area contributed by atoms with Gasteiger partial charge in [-0.3, -0.25) is 15.0 Å². The second-order valence-electron chi connectivity index (χ2n) is 5.81. The van der Waals surface area contributed by atoms with E-state index in [0.717, 1.165) is 31.7 Å². The summed E-state index contributed by atoms with van der Waals surface area (Å²) in [6.07, 6.45) is 1.02. The highest BCUT2D eigenvalue weighted by molar-refractivity contribution is 5.34. The Morgan fingerprint density at radius 1 is 1.48 bits per heavy atom. The molecule has 0 radical (unpaired) electrons. The molecule has 0 amide bonds. The van der Waals surface area contributed by atoms with Crippen molar-refractivity contribution in [2.75, 3.05) is 26.3 Å². The van der Waals surface area contributed by atoms with Gasteiger partial charge in [0.15, 0.2) is 0 Å². The fraction of sp³-hybridized carbons (Fsp3) is 0.600. The molecule has 0 N–H and O–H groups in total.